The zero-order chi connectivity index (χ0) is 16.5. The van der Waals surface area contributed by atoms with E-state index < -0.39 is 11.6 Å². The fraction of sp³-hybridized carbons (Fsp3) is 0.500. The minimum atomic E-state index is -0.802. The Labute approximate surface area is 133 Å². The molecule has 22 heavy (non-hydrogen) atoms. The van der Waals surface area contributed by atoms with Crippen LogP contribution in [0.5, 0.6) is 0 Å². The molecule has 0 radical (unpaired) electrons. The lowest BCUT2D eigenvalue weighted by Crippen LogP contribution is -2.58. The number of rotatable bonds is 3. The van der Waals surface area contributed by atoms with Gasteiger partial charge in [-0.1, -0.05) is 11.6 Å². The van der Waals surface area contributed by atoms with Gasteiger partial charge in [-0.3, -0.25) is 0 Å². The van der Waals surface area contributed by atoms with E-state index in [2.05, 4.69) is 15.0 Å². The van der Waals surface area contributed by atoms with Crippen LogP contribution in [-0.4, -0.2) is 52.8 Å². The van der Waals surface area contributed by atoms with E-state index in [1.54, 1.807) is 18.7 Å². The van der Waals surface area contributed by atoms with Crippen molar-refractivity contribution in [1.82, 2.24) is 9.88 Å². The number of nitrogens with one attached hydrogen (secondary N) is 1. The molecule has 0 saturated carbocycles. The molecule has 0 atom stereocenters. The Kier molecular flexibility index (Phi) is 4.58. The summed E-state index contributed by atoms with van der Waals surface area (Å²) in [7, 11) is 1.24. The van der Waals surface area contributed by atoms with Gasteiger partial charge >= 0.3 is 12.0 Å². The first-order valence-electron chi connectivity index (χ1n) is 6.74. The Bertz CT molecular complexity index is 594. The lowest BCUT2D eigenvalue weighted by atomic mass is 9.85. The highest BCUT2D eigenvalue weighted by Gasteiger charge is 2.39. The third kappa shape index (κ3) is 3.48. The van der Waals surface area contributed by atoms with Gasteiger partial charge in [0, 0.05) is 19.0 Å². The molecule has 1 fully saturated rings. The largest absolute Gasteiger partial charge is 0.464 e. The van der Waals surface area contributed by atoms with Gasteiger partial charge in [0.15, 0.2) is 5.69 Å². The summed E-state index contributed by atoms with van der Waals surface area (Å²) >= 11 is 5.94. The van der Waals surface area contributed by atoms with Crippen molar-refractivity contribution in [2.45, 2.75) is 19.4 Å². The minimum absolute atomic E-state index is 0.00629. The van der Waals surface area contributed by atoms with E-state index in [1.165, 1.54) is 19.4 Å². The molecule has 8 heteroatoms. The number of nitrogens with zero attached hydrogens (tertiary/aromatic N) is 2. The summed E-state index contributed by atoms with van der Waals surface area (Å²) in [5.74, 6) is -0.583. The van der Waals surface area contributed by atoms with Gasteiger partial charge < -0.3 is 20.1 Å². The summed E-state index contributed by atoms with van der Waals surface area (Å²) in [6.45, 7) is 4.41. The number of esters is 1. The van der Waals surface area contributed by atoms with Crippen molar-refractivity contribution in [3.05, 3.63) is 23.0 Å². The Morgan fingerprint density at radius 2 is 2.14 bits per heavy atom. The molecule has 1 aliphatic rings. The number of anilines is 1. The van der Waals surface area contributed by atoms with Gasteiger partial charge in [0.25, 0.3) is 0 Å². The van der Waals surface area contributed by atoms with Gasteiger partial charge in [-0.2, -0.15) is 0 Å². The molecule has 1 aromatic rings. The first-order valence-corrected chi connectivity index (χ1v) is 7.12. The number of amides is 2. The highest BCUT2D eigenvalue weighted by Crippen LogP contribution is 2.27. The quantitative estimate of drug-likeness (QED) is 0.825. The highest BCUT2D eigenvalue weighted by molar-refractivity contribution is 6.33. The Balaban J connectivity index is 1.96. The number of carbonyl (C=O) groups is 2. The summed E-state index contributed by atoms with van der Waals surface area (Å²) in [6.07, 6.45) is 1.34. The summed E-state index contributed by atoms with van der Waals surface area (Å²) < 4.78 is 4.54. The van der Waals surface area contributed by atoms with E-state index in [1.807, 2.05) is 0 Å². The molecule has 2 rings (SSSR count). The molecular weight excluding hydrogens is 310 g/mol. The lowest BCUT2D eigenvalue weighted by molar-refractivity contribution is -0.0440. The van der Waals surface area contributed by atoms with Crippen LogP contribution < -0.4 is 5.32 Å². The molecule has 1 aromatic heterocycles. The fourth-order valence-electron chi connectivity index (χ4n) is 2.05. The predicted molar refractivity (Wildman–Crippen MR) is 81.0 cm³/mol. The molecule has 1 aliphatic heterocycles. The van der Waals surface area contributed by atoms with Gasteiger partial charge in [0.1, 0.15) is 0 Å². The monoisotopic (exact) mass is 327 g/mol. The number of halogens is 1. The maximum absolute atomic E-state index is 12.0. The molecule has 2 N–H and O–H groups in total. The maximum atomic E-state index is 12.0. The average molecular weight is 328 g/mol. The normalized spacial score (nSPS) is 15.2. The van der Waals surface area contributed by atoms with Crippen LogP contribution in [0.1, 0.15) is 24.3 Å². The molecule has 2 heterocycles. The summed E-state index contributed by atoms with van der Waals surface area (Å²) in [5, 5.41) is 12.6. The topological polar surface area (TPSA) is 91.8 Å². The van der Waals surface area contributed by atoms with E-state index >= 15 is 0 Å². The maximum Gasteiger partial charge on any atom is 0.358 e. The second-order valence-corrected chi connectivity index (χ2v) is 6.14. The zero-order valence-corrected chi connectivity index (χ0v) is 13.3. The van der Waals surface area contributed by atoms with Crippen molar-refractivity contribution in [1.29, 1.82) is 0 Å². The van der Waals surface area contributed by atoms with Crippen molar-refractivity contribution in [2.24, 2.45) is 5.92 Å². The first-order chi connectivity index (χ1) is 10.2. The van der Waals surface area contributed by atoms with Gasteiger partial charge in [0.2, 0.25) is 0 Å². The van der Waals surface area contributed by atoms with Gasteiger partial charge in [-0.25, -0.2) is 14.6 Å². The second-order valence-electron chi connectivity index (χ2n) is 5.73. The zero-order valence-electron chi connectivity index (χ0n) is 12.6. The molecule has 0 spiro atoms. The average Bonchev–Trinajstić information content (AvgIpc) is 2.34. The second kappa shape index (κ2) is 6.10. The van der Waals surface area contributed by atoms with Crippen LogP contribution in [0.3, 0.4) is 0 Å². The number of methoxy groups -OCH3 is 1. The number of likely N-dealkylation sites (tertiary alicyclic amines) is 1. The number of ether oxygens (including phenoxy) is 1. The van der Waals surface area contributed by atoms with Crippen LogP contribution in [0.25, 0.3) is 0 Å². The van der Waals surface area contributed by atoms with E-state index in [0.717, 1.165) is 0 Å². The van der Waals surface area contributed by atoms with Crippen LogP contribution in [-0.2, 0) is 4.74 Å². The molecule has 0 bridgehead atoms. The standard InChI is InChI=1S/C14H18ClN3O4/c1-14(2,21)8-6-18(7-8)13(20)17-9-4-10(15)11(16-5-9)12(19)22-3/h4-5,8,21H,6-7H2,1-3H3,(H,17,20). The number of aliphatic hydroxyl groups is 1. The molecule has 0 aliphatic carbocycles. The fourth-order valence-corrected chi connectivity index (χ4v) is 2.29. The van der Waals surface area contributed by atoms with Crippen LogP contribution in [0.15, 0.2) is 12.3 Å². The van der Waals surface area contributed by atoms with Crippen molar-refractivity contribution in [3.8, 4) is 0 Å². The van der Waals surface area contributed by atoms with E-state index in [4.69, 9.17) is 11.6 Å². The Morgan fingerprint density at radius 3 is 2.64 bits per heavy atom. The minimum Gasteiger partial charge on any atom is -0.464 e. The first kappa shape index (κ1) is 16.5. The molecule has 0 aromatic carbocycles. The summed E-state index contributed by atoms with van der Waals surface area (Å²) in [5.41, 5.74) is -0.424. The SMILES string of the molecule is COC(=O)c1ncc(NC(=O)N2CC(C(C)(C)O)C2)cc1Cl. The molecule has 120 valence electrons. The number of pyridine rings is 1. The van der Waals surface area contributed by atoms with Gasteiger partial charge in [-0.15, -0.1) is 0 Å². The smallest absolute Gasteiger partial charge is 0.358 e. The van der Waals surface area contributed by atoms with E-state index in [0.29, 0.717) is 18.8 Å². The molecular formula is C14H18ClN3O4. The van der Waals surface area contributed by atoms with Crippen LogP contribution in [0, 0.1) is 5.92 Å². The number of carbonyl (C=O) groups excluding carboxylic acids is 2. The summed E-state index contributed by atoms with van der Waals surface area (Å²) in [6, 6.07) is 1.13. The van der Waals surface area contributed by atoms with Crippen LogP contribution in [0.2, 0.25) is 5.02 Å². The van der Waals surface area contributed by atoms with Crippen molar-refractivity contribution < 1.29 is 19.4 Å². The van der Waals surface area contributed by atoms with Crippen LogP contribution in [0.4, 0.5) is 10.5 Å². The molecule has 0 unspecified atom stereocenters. The van der Waals surface area contributed by atoms with Gasteiger partial charge in [-0.05, 0) is 19.9 Å². The number of aromatic nitrogens is 1. The number of hydrogen-bond acceptors (Lipinski definition) is 5. The van der Waals surface area contributed by atoms with Gasteiger partial charge in [0.05, 0.1) is 29.6 Å². The lowest BCUT2D eigenvalue weighted by Gasteiger charge is -2.44. The molecule has 7 nitrogen and oxygen atoms in total. The van der Waals surface area contributed by atoms with Crippen molar-refractivity contribution >= 4 is 29.3 Å². The van der Waals surface area contributed by atoms with E-state index in [9.17, 15) is 14.7 Å². The molecule has 2 amide bonds. The highest BCUT2D eigenvalue weighted by atomic mass is 35.5. The van der Waals surface area contributed by atoms with Crippen LogP contribution >= 0.6 is 11.6 Å². The Morgan fingerprint density at radius 1 is 1.50 bits per heavy atom. The summed E-state index contributed by atoms with van der Waals surface area (Å²) in [4.78, 5) is 28.9. The predicted octanol–water partition coefficient (Wildman–Crippen LogP) is 1.76. The number of hydrogen-bond donors (Lipinski definition) is 2. The van der Waals surface area contributed by atoms with Crippen molar-refractivity contribution in [2.75, 3.05) is 25.5 Å². The third-order valence-corrected chi connectivity index (χ3v) is 3.93. The Hall–Kier alpha value is -1.86. The molecule has 1 saturated heterocycles. The van der Waals surface area contributed by atoms with Crippen molar-refractivity contribution in [3.63, 3.8) is 0 Å². The number of urea groups is 1. The third-order valence-electron chi connectivity index (χ3n) is 3.64. The van der Waals surface area contributed by atoms with E-state index in [-0.39, 0.29) is 22.7 Å².